The van der Waals surface area contributed by atoms with Crippen molar-refractivity contribution >= 4 is 11.8 Å². The molecule has 0 aliphatic carbocycles. The molecular weight excluding hydrogens is 284 g/mol. The van der Waals surface area contributed by atoms with E-state index in [2.05, 4.69) is 20.8 Å². The Hall–Kier alpha value is -2.35. The quantitative estimate of drug-likeness (QED) is 0.791. The van der Waals surface area contributed by atoms with Crippen LogP contribution in [0.2, 0.25) is 0 Å². The van der Waals surface area contributed by atoms with Crippen molar-refractivity contribution < 1.29 is 9.90 Å². The van der Waals surface area contributed by atoms with Crippen molar-refractivity contribution in [3.63, 3.8) is 0 Å². The smallest absolute Gasteiger partial charge is 0.320 e. The second-order valence-electron chi connectivity index (χ2n) is 6.03. The van der Waals surface area contributed by atoms with Gasteiger partial charge in [0.05, 0.1) is 24.0 Å². The Morgan fingerprint density at radius 2 is 2.00 bits per heavy atom. The zero-order valence-corrected chi connectivity index (χ0v) is 13.2. The van der Waals surface area contributed by atoms with Crippen molar-refractivity contribution in [2.24, 2.45) is 7.05 Å². The molecule has 0 saturated carbocycles. The Morgan fingerprint density at radius 3 is 2.59 bits per heavy atom. The van der Waals surface area contributed by atoms with Crippen LogP contribution in [0.4, 0.5) is 10.6 Å². The fraction of sp³-hybridized carbons (Fsp3) is 0.500. The molecule has 2 aromatic rings. The molecule has 1 unspecified atom stereocenters. The zero-order chi connectivity index (χ0) is 16.3. The normalized spacial score (nSPS) is 13.0. The minimum atomic E-state index is -0.814. The first-order chi connectivity index (χ1) is 10.3. The van der Waals surface area contributed by atoms with Gasteiger partial charge >= 0.3 is 6.03 Å². The minimum absolute atomic E-state index is 0.0923. The summed E-state index contributed by atoms with van der Waals surface area (Å²) in [6, 6.07) is 3.04. The summed E-state index contributed by atoms with van der Waals surface area (Å²) < 4.78 is 3.29. The molecule has 0 aliphatic rings. The van der Waals surface area contributed by atoms with Gasteiger partial charge in [-0.1, -0.05) is 0 Å². The standard InChI is InChI=1S/C14H22N6O2/c1-14(2,3)20-12(6-8-17-20)18-13(22)15-9-11(21)10-5-7-16-19(10)4/h5-8,11,21H,9H2,1-4H3,(H2,15,18,22). The van der Waals surface area contributed by atoms with Crippen LogP contribution in [0.25, 0.3) is 0 Å². The van der Waals surface area contributed by atoms with E-state index in [4.69, 9.17) is 0 Å². The number of aliphatic hydroxyl groups is 1. The SMILES string of the molecule is Cn1nccc1C(O)CNC(=O)Nc1ccnn1C(C)(C)C. The second kappa shape index (κ2) is 6.18. The maximum Gasteiger partial charge on any atom is 0.320 e. The summed E-state index contributed by atoms with van der Waals surface area (Å²) in [7, 11) is 1.74. The molecule has 0 aliphatic heterocycles. The van der Waals surface area contributed by atoms with Gasteiger partial charge in [0, 0.05) is 19.3 Å². The van der Waals surface area contributed by atoms with Gasteiger partial charge in [-0.2, -0.15) is 10.2 Å². The van der Waals surface area contributed by atoms with E-state index in [-0.39, 0.29) is 12.1 Å². The molecule has 0 saturated heterocycles. The van der Waals surface area contributed by atoms with Gasteiger partial charge in [0.2, 0.25) is 0 Å². The number of hydrogen-bond acceptors (Lipinski definition) is 4. The van der Waals surface area contributed by atoms with Crippen molar-refractivity contribution in [3.05, 3.63) is 30.2 Å². The van der Waals surface area contributed by atoms with Gasteiger partial charge in [0.1, 0.15) is 11.9 Å². The number of aromatic nitrogens is 4. The van der Waals surface area contributed by atoms with Crippen LogP contribution in [0.1, 0.15) is 32.6 Å². The minimum Gasteiger partial charge on any atom is -0.385 e. The Kier molecular flexibility index (Phi) is 4.51. The summed E-state index contributed by atoms with van der Waals surface area (Å²) in [4.78, 5) is 12.0. The molecule has 2 aromatic heterocycles. The molecule has 22 heavy (non-hydrogen) atoms. The summed E-state index contributed by atoms with van der Waals surface area (Å²) in [5.74, 6) is 0.597. The van der Waals surface area contributed by atoms with Crippen LogP contribution >= 0.6 is 0 Å². The maximum absolute atomic E-state index is 12.0. The number of amides is 2. The van der Waals surface area contributed by atoms with Gasteiger partial charge in [0.15, 0.2) is 0 Å². The molecule has 2 amide bonds. The molecule has 3 N–H and O–H groups in total. The fourth-order valence-corrected chi connectivity index (χ4v) is 2.10. The van der Waals surface area contributed by atoms with E-state index in [1.807, 2.05) is 20.8 Å². The first-order valence-corrected chi connectivity index (χ1v) is 7.04. The number of carbonyl (C=O) groups excluding carboxylic acids is 1. The third-order valence-corrected chi connectivity index (χ3v) is 3.18. The number of aryl methyl sites for hydroxylation is 1. The lowest BCUT2D eigenvalue weighted by atomic mass is 10.1. The van der Waals surface area contributed by atoms with Gasteiger partial charge in [-0.25, -0.2) is 9.48 Å². The topological polar surface area (TPSA) is 97.0 Å². The van der Waals surface area contributed by atoms with Crippen molar-refractivity contribution in [1.29, 1.82) is 0 Å². The van der Waals surface area contributed by atoms with Crippen molar-refractivity contribution in [1.82, 2.24) is 24.9 Å². The molecular formula is C14H22N6O2. The van der Waals surface area contributed by atoms with Crippen LogP contribution in [-0.2, 0) is 12.6 Å². The van der Waals surface area contributed by atoms with Gasteiger partial charge in [-0.15, -0.1) is 0 Å². The van der Waals surface area contributed by atoms with Gasteiger partial charge < -0.3 is 10.4 Å². The van der Waals surface area contributed by atoms with Crippen LogP contribution in [0, 0.1) is 0 Å². The molecule has 8 heteroatoms. The van der Waals surface area contributed by atoms with E-state index in [9.17, 15) is 9.90 Å². The largest absolute Gasteiger partial charge is 0.385 e. The Labute approximate surface area is 129 Å². The maximum atomic E-state index is 12.0. The first kappa shape index (κ1) is 16.0. The Bertz CT molecular complexity index is 640. The molecule has 2 heterocycles. The predicted octanol–water partition coefficient (Wildman–Crippen LogP) is 1.23. The molecule has 120 valence electrons. The summed E-state index contributed by atoms with van der Waals surface area (Å²) >= 11 is 0. The Morgan fingerprint density at radius 1 is 1.32 bits per heavy atom. The highest BCUT2D eigenvalue weighted by atomic mass is 16.3. The molecule has 0 spiro atoms. The average molecular weight is 306 g/mol. The fourth-order valence-electron chi connectivity index (χ4n) is 2.10. The molecule has 0 radical (unpaired) electrons. The molecule has 0 fully saturated rings. The highest BCUT2D eigenvalue weighted by molar-refractivity contribution is 5.88. The van der Waals surface area contributed by atoms with Crippen LogP contribution in [0.5, 0.6) is 0 Å². The lowest BCUT2D eigenvalue weighted by Crippen LogP contribution is -2.35. The van der Waals surface area contributed by atoms with Gasteiger partial charge in [-0.05, 0) is 26.8 Å². The number of aliphatic hydroxyl groups excluding tert-OH is 1. The monoisotopic (exact) mass is 306 g/mol. The highest BCUT2D eigenvalue weighted by Crippen LogP contribution is 2.19. The van der Waals surface area contributed by atoms with Crippen LogP contribution in [-0.4, -0.2) is 37.2 Å². The predicted molar refractivity (Wildman–Crippen MR) is 82.4 cm³/mol. The average Bonchev–Trinajstić information content (AvgIpc) is 3.04. The number of nitrogens with zero attached hydrogens (tertiary/aromatic N) is 4. The zero-order valence-electron chi connectivity index (χ0n) is 13.2. The highest BCUT2D eigenvalue weighted by Gasteiger charge is 2.19. The van der Waals surface area contributed by atoms with Crippen LogP contribution in [0.15, 0.2) is 24.5 Å². The summed E-state index contributed by atoms with van der Waals surface area (Å²) in [6.45, 7) is 6.08. The van der Waals surface area contributed by atoms with E-state index in [1.165, 1.54) is 0 Å². The number of nitrogens with one attached hydrogen (secondary N) is 2. The molecule has 0 aromatic carbocycles. The van der Waals surface area contributed by atoms with Crippen molar-refractivity contribution in [3.8, 4) is 0 Å². The molecule has 1 atom stereocenters. The van der Waals surface area contributed by atoms with Crippen molar-refractivity contribution in [2.75, 3.05) is 11.9 Å². The van der Waals surface area contributed by atoms with E-state index >= 15 is 0 Å². The van der Waals surface area contributed by atoms with E-state index in [0.29, 0.717) is 11.5 Å². The van der Waals surface area contributed by atoms with Gasteiger partial charge in [-0.3, -0.25) is 10.00 Å². The summed E-state index contributed by atoms with van der Waals surface area (Å²) in [5.41, 5.74) is 0.403. The van der Waals surface area contributed by atoms with Crippen molar-refractivity contribution in [2.45, 2.75) is 32.4 Å². The Balaban J connectivity index is 1.92. The van der Waals surface area contributed by atoms with Crippen LogP contribution < -0.4 is 10.6 Å². The number of anilines is 1. The second-order valence-corrected chi connectivity index (χ2v) is 6.03. The van der Waals surface area contributed by atoms with Crippen LogP contribution in [0.3, 0.4) is 0 Å². The molecule has 8 nitrogen and oxygen atoms in total. The lowest BCUT2D eigenvalue weighted by Gasteiger charge is -2.22. The van der Waals surface area contributed by atoms with E-state index < -0.39 is 12.1 Å². The third-order valence-electron chi connectivity index (χ3n) is 3.18. The number of rotatable bonds is 4. The third kappa shape index (κ3) is 3.64. The summed E-state index contributed by atoms with van der Waals surface area (Å²) in [5, 5.41) is 23.6. The number of urea groups is 1. The van der Waals surface area contributed by atoms with E-state index in [0.717, 1.165) is 0 Å². The summed E-state index contributed by atoms with van der Waals surface area (Å²) in [6.07, 6.45) is 2.41. The first-order valence-electron chi connectivity index (χ1n) is 7.04. The molecule has 2 rings (SSSR count). The number of carbonyl (C=O) groups is 1. The molecule has 0 bridgehead atoms. The number of hydrogen-bond donors (Lipinski definition) is 3. The van der Waals surface area contributed by atoms with E-state index in [1.54, 1.807) is 40.9 Å². The van der Waals surface area contributed by atoms with Gasteiger partial charge in [0.25, 0.3) is 0 Å². The lowest BCUT2D eigenvalue weighted by molar-refractivity contribution is 0.166.